The molecule has 1 aromatic rings. The molecule has 0 aliphatic carbocycles. The van der Waals surface area contributed by atoms with Crippen LogP contribution in [0.5, 0.6) is 0 Å². The molecule has 30 heavy (non-hydrogen) atoms. The molecule has 10 heteroatoms. The first-order valence-corrected chi connectivity index (χ1v) is 11.7. The van der Waals surface area contributed by atoms with Gasteiger partial charge in [0.15, 0.2) is 15.8 Å². The number of hydrogen-bond donors (Lipinski definition) is 1. The molecule has 6 nitrogen and oxygen atoms in total. The molecule has 0 saturated carbocycles. The first-order valence-electron chi connectivity index (χ1n) is 9.84. The summed E-state index contributed by atoms with van der Waals surface area (Å²) in [5, 5.41) is 3.17. The number of benzene rings is 1. The summed E-state index contributed by atoms with van der Waals surface area (Å²) in [6, 6.07) is 3.65. The fraction of sp³-hybridized carbons (Fsp3) is 0.650. The Morgan fingerprint density at radius 2 is 1.83 bits per heavy atom. The lowest BCUT2D eigenvalue weighted by molar-refractivity contribution is 0.124. The van der Waals surface area contributed by atoms with E-state index in [9.17, 15) is 17.2 Å². The highest BCUT2D eigenvalue weighted by molar-refractivity contribution is 14.0. The number of sulfone groups is 1. The van der Waals surface area contributed by atoms with Crippen LogP contribution >= 0.6 is 24.0 Å². The lowest BCUT2D eigenvalue weighted by Gasteiger charge is -2.40. The molecular weight excluding hydrogens is 525 g/mol. The Morgan fingerprint density at radius 3 is 2.30 bits per heavy atom. The summed E-state index contributed by atoms with van der Waals surface area (Å²) in [7, 11) is -1.53. The van der Waals surface area contributed by atoms with E-state index >= 15 is 0 Å². The van der Waals surface area contributed by atoms with Crippen molar-refractivity contribution >= 4 is 39.8 Å². The number of guanidine groups is 1. The number of halogens is 3. The van der Waals surface area contributed by atoms with Crippen LogP contribution in [0, 0.1) is 11.6 Å². The third-order valence-corrected chi connectivity index (χ3v) is 7.80. The van der Waals surface area contributed by atoms with Crippen LogP contribution in [0.1, 0.15) is 38.8 Å². The van der Waals surface area contributed by atoms with Crippen LogP contribution in [0.2, 0.25) is 0 Å². The quantitative estimate of drug-likeness (QED) is 0.331. The van der Waals surface area contributed by atoms with Crippen molar-refractivity contribution in [3.8, 4) is 0 Å². The fourth-order valence-corrected chi connectivity index (χ4v) is 3.78. The number of aliphatic imine (C=N–C) groups is 1. The highest BCUT2D eigenvalue weighted by Gasteiger charge is 2.32. The molecule has 1 fully saturated rings. The van der Waals surface area contributed by atoms with Gasteiger partial charge in [-0.2, -0.15) is 0 Å². The van der Waals surface area contributed by atoms with Crippen LogP contribution in [0.15, 0.2) is 23.2 Å². The Balaban J connectivity index is 0.00000450. The van der Waals surface area contributed by atoms with Gasteiger partial charge in [0, 0.05) is 63.7 Å². The van der Waals surface area contributed by atoms with Crippen LogP contribution in [0.4, 0.5) is 8.78 Å². The summed E-state index contributed by atoms with van der Waals surface area (Å²) in [5.74, 6) is -0.431. The summed E-state index contributed by atoms with van der Waals surface area (Å²) in [5.41, 5.74) is 0.514. The van der Waals surface area contributed by atoms with Gasteiger partial charge in [0.1, 0.15) is 11.6 Å². The van der Waals surface area contributed by atoms with Crippen molar-refractivity contribution in [2.75, 3.05) is 46.0 Å². The first-order chi connectivity index (χ1) is 13.5. The van der Waals surface area contributed by atoms with Crippen LogP contribution < -0.4 is 5.32 Å². The summed E-state index contributed by atoms with van der Waals surface area (Å²) >= 11 is 0. The number of nitrogens with zero attached hydrogens (tertiary/aromatic N) is 3. The van der Waals surface area contributed by atoms with Gasteiger partial charge in [-0.3, -0.25) is 9.89 Å². The van der Waals surface area contributed by atoms with Gasteiger partial charge < -0.3 is 10.2 Å². The van der Waals surface area contributed by atoms with E-state index in [1.165, 1.54) is 18.4 Å². The Bertz CT molecular complexity index is 841. The van der Waals surface area contributed by atoms with Crippen molar-refractivity contribution in [1.82, 2.24) is 15.1 Å². The Morgan fingerprint density at radius 1 is 1.23 bits per heavy atom. The molecule has 0 amide bonds. The standard InChI is InChI=1S/C20H32F2N4O2S.HI/c1-6-18(16-8-7-15(21)13-17(16)22)25-9-11-26(12-10-25)19(23-4)24-14-20(2,3)29(5,27)28;/h7-8,13,18H,6,9-12,14H2,1-5H3,(H,23,24);1H. The molecule has 1 aliphatic rings. The van der Waals surface area contributed by atoms with Crippen molar-refractivity contribution in [3.05, 3.63) is 35.4 Å². The molecule has 1 unspecified atom stereocenters. The van der Waals surface area contributed by atoms with Gasteiger partial charge in [-0.05, 0) is 26.3 Å². The highest BCUT2D eigenvalue weighted by Crippen LogP contribution is 2.28. The van der Waals surface area contributed by atoms with E-state index in [-0.39, 0.29) is 36.6 Å². The normalized spacial score (nSPS) is 17.4. The summed E-state index contributed by atoms with van der Waals surface area (Å²) in [6.45, 7) is 8.38. The summed E-state index contributed by atoms with van der Waals surface area (Å²) in [6.07, 6.45) is 1.95. The van der Waals surface area contributed by atoms with Crippen LogP contribution in [-0.2, 0) is 9.84 Å². The second-order valence-corrected chi connectivity index (χ2v) is 10.7. The Kier molecular flexibility index (Phi) is 9.94. The van der Waals surface area contributed by atoms with E-state index in [0.717, 1.165) is 12.5 Å². The molecule has 0 radical (unpaired) electrons. The zero-order chi connectivity index (χ0) is 21.8. The maximum Gasteiger partial charge on any atom is 0.193 e. The molecular formula is C20H33F2IN4O2S. The van der Waals surface area contributed by atoms with Crippen LogP contribution in [-0.4, -0.2) is 75.0 Å². The SMILES string of the molecule is CCC(c1ccc(F)cc1F)N1CCN(C(=NC)NCC(C)(C)S(C)(=O)=O)CC1.I. The third-order valence-electron chi connectivity index (χ3n) is 5.65. The lowest BCUT2D eigenvalue weighted by atomic mass is 10.0. The monoisotopic (exact) mass is 558 g/mol. The topological polar surface area (TPSA) is 65.0 Å². The van der Waals surface area contributed by atoms with Gasteiger partial charge in [0.05, 0.1) is 4.75 Å². The molecule has 0 aromatic heterocycles. The average molecular weight is 558 g/mol. The molecule has 2 rings (SSSR count). The molecule has 0 bridgehead atoms. The maximum atomic E-state index is 14.3. The predicted molar refractivity (Wildman–Crippen MR) is 128 cm³/mol. The zero-order valence-electron chi connectivity index (χ0n) is 18.3. The first kappa shape index (κ1) is 27.0. The van der Waals surface area contributed by atoms with E-state index in [2.05, 4.69) is 20.1 Å². The molecule has 1 N–H and O–H groups in total. The maximum absolute atomic E-state index is 14.3. The summed E-state index contributed by atoms with van der Waals surface area (Å²) < 4.78 is 50.4. The van der Waals surface area contributed by atoms with Gasteiger partial charge in [0.25, 0.3) is 0 Å². The minimum Gasteiger partial charge on any atom is -0.355 e. The van der Waals surface area contributed by atoms with Gasteiger partial charge >= 0.3 is 0 Å². The molecule has 1 aliphatic heterocycles. The highest BCUT2D eigenvalue weighted by atomic mass is 127. The molecule has 0 spiro atoms. The van der Waals surface area contributed by atoms with Gasteiger partial charge in [-0.25, -0.2) is 17.2 Å². The Labute approximate surface area is 196 Å². The summed E-state index contributed by atoms with van der Waals surface area (Å²) in [4.78, 5) is 8.55. The largest absolute Gasteiger partial charge is 0.355 e. The fourth-order valence-electron chi connectivity index (χ4n) is 3.45. The predicted octanol–water partition coefficient (Wildman–Crippen LogP) is 3.05. The van der Waals surface area contributed by atoms with E-state index in [0.29, 0.717) is 37.7 Å². The van der Waals surface area contributed by atoms with E-state index < -0.39 is 26.2 Å². The number of rotatable bonds is 6. The molecule has 172 valence electrons. The van der Waals surface area contributed by atoms with Crippen molar-refractivity contribution in [2.45, 2.75) is 38.0 Å². The minimum atomic E-state index is -3.20. The third kappa shape index (κ3) is 6.49. The minimum absolute atomic E-state index is 0. The van der Waals surface area contributed by atoms with Crippen LogP contribution in [0.25, 0.3) is 0 Å². The smallest absolute Gasteiger partial charge is 0.193 e. The lowest BCUT2D eigenvalue weighted by Crippen LogP contribution is -2.55. The van der Waals surface area contributed by atoms with Crippen molar-refractivity contribution in [2.24, 2.45) is 4.99 Å². The Hall–Kier alpha value is -1.01. The van der Waals surface area contributed by atoms with E-state index in [1.807, 2.05) is 6.92 Å². The van der Waals surface area contributed by atoms with Crippen molar-refractivity contribution in [3.63, 3.8) is 0 Å². The molecule has 1 aromatic carbocycles. The second-order valence-electron chi connectivity index (χ2n) is 8.05. The van der Waals surface area contributed by atoms with E-state index in [4.69, 9.17) is 0 Å². The molecule has 1 heterocycles. The zero-order valence-corrected chi connectivity index (χ0v) is 21.4. The van der Waals surface area contributed by atoms with Gasteiger partial charge in [-0.1, -0.05) is 13.0 Å². The molecule has 1 saturated heterocycles. The van der Waals surface area contributed by atoms with Crippen LogP contribution in [0.3, 0.4) is 0 Å². The van der Waals surface area contributed by atoms with Crippen molar-refractivity contribution in [1.29, 1.82) is 0 Å². The second kappa shape index (κ2) is 11.0. The number of piperazine rings is 1. The van der Waals surface area contributed by atoms with Gasteiger partial charge in [0.2, 0.25) is 0 Å². The number of hydrogen-bond acceptors (Lipinski definition) is 4. The molecule has 1 atom stereocenters. The average Bonchev–Trinajstić information content (AvgIpc) is 2.64. The van der Waals surface area contributed by atoms with Crippen molar-refractivity contribution < 1.29 is 17.2 Å². The van der Waals surface area contributed by atoms with Gasteiger partial charge in [-0.15, -0.1) is 24.0 Å². The van der Waals surface area contributed by atoms with E-state index in [1.54, 1.807) is 20.9 Å². The number of nitrogens with one attached hydrogen (secondary N) is 1.